The van der Waals surface area contributed by atoms with Crippen molar-refractivity contribution >= 4 is 28.6 Å². The number of hydrogen-bond donors (Lipinski definition) is 0. The number of esters is 1. The molecule has 0 N–H and O–H groups in total. The number of halogens is 4. The molecule has 33 heavy (non-hydrogen) atoms. The van der Waals surface area contributed by atoms with E-state index in [0.717, 1.165) is 17.7 Å². The molecule has 9 heteroatoms. The SMILES string of the molecule is COC(=O)c1cccc(Cn2c(=O)n(-c3ccc(C(F)(F)F)cc3)c3cc(Cl)ccc32)c1C. The minimum absolute atomic E-state index is 0.140. The molecule has 1 aromatic heterocycles. The molecule has 0 radical (unpaired) electrons. The van der Waals surface area contributed by atoms with Crippen LogP contribution in [0.4, 0.5) is 13.2 Å². The van der Waals surface area contributed by atoms with Crippen LogP contribution in [-0.2, 0) is 17.5 Å². The maximum atomic E-state index is 13.4. The monoisotopic (exact) mass is 474 g/mol. The van der Waals surface area contributed by atoms with Gasteiger partial charge in [-0.3, -0.25) is 9.13 Å². The second kappa shape index (κ2) is 8.44. The van der Waals surface area contributed by atoms with Crippen LogP contribution < -0.4 is 5.69 Å². The molecule has 4 aromatic rings. The highest BCUT2D eigenvalue weighted by molar-refractivity contribution is 6.31. The topological polar surface area (TPSA) is 53.2 Å². The van der Waals surface area contributed by atoms with Crippen molar-refractivity contribution in [1.82, 2.24) is 9.13 Å². The van der Waals surface area contributed by atoms with E-state index in [2.05, 4.69) is 0 Å². The highest BCUT2D eigenvalue weighted by Crippen LogP contribution is 2.30. The number of alkyl halides is 3. The molecule has 0 saturated heterocycles. The summed E-state index contributed by atoms with van der Waals surface area (Å²) in [5, 5.41) is 0.379. The van der Waals surface area contributed by atoms with E-state index in [-0.39, 0.29) is 12.2 Å². The molecule has 0 aliphatic rings. The normalized spacial score (nSPS) is 11.7. The summed E-state index contributed by atoms with van der Waals surface area (Å²) in [4.78, 5) is 25.5. The largest absolute Gasteiger partial charge is 0.465 e. The number of benzene rings is 3. The van der Waals surface area contributed by atoms with E-state index in [1.807, 2.05) is 0 Å². The average Bonchev–Trinajstić information content (AvgIpc) is 3.04. The molecule has 0 fully saturated rings. The predicted octanol–water partition coefficient (Wildman–Crippen LogP) is 5.61. The number of nitrogens with zero attached hydrogens (tertiary/aromatic N) is 2. The number of imidazole rings is 1. The van der Waals surface area contributed by atoms with Gasteiger partial charge in [0.15, 0.2) is 0 Å². The van der Waals surface area contributed by atoms with Gasteiger partial charge in [0.2, 0.25) is 0 Å². The van der Waals surface area contributed by atoms with Gasteiger partial charge in [0.1, 0.15) is 0 Å². The Hall–Kier alpha value is -3.52. The van der Waals surface area contributed by atoms with Gasteiger partial charge in [-0.2, -0.15) is 13.2 Å². The summed E-state index contributed by atoms with van der Waals surface area (Å²) in [7, 11) is 1.29. The Morgan fingerprint density at radius 1 is 1.03 bits per heavy atom. The van der Waals surface area contributed by atoms with Crippen molar-refractivity contribution < 1.29 is 22.7 Å². The van der Waals surface area contributed by atoms with Crippen LogP contribution in [0, 0.1) is 6.92 Å². The molecule has 4 rings (SSSR count). The number of fused-ring (bicyclic) bond motifs is 1. The van der Waals surface area contributed by atoms with Crippen molar-refractivity contribution in [3.05, 3.63) is 98.4 Å². The second-order valence-electron chi connectivity index (χ2n) is 7.46. The summed E-state index contributed by atoms with van der Waals surface area (Å²) in [5.41, 5.74) is 1.80. The smallest absolute Gasteiger partial charge is 0.416 e. The minimum atomic E-state index is -4.48. The molecule has 0 aliphatic carbocycles. The molecule has 0 saturated carbocycles. The third-order valence-corrected chi connectivity index (χ3v) is 5.76. The van der Waals surface area contributed by atoms with Gasteiger partial charge >= 0.3 is 17.8 Å². The van der Waals surface area contributed by atoms with Crippen LogP contribution in [0.25, 0.3) is 16.7 Å². The first-order valence-electron chi connectivity index (χ1n) is 9.87. The molecule has 0 bridgehead atoms. The van der Waals surface area contributed by atoms with Gasteiger partial charge in [-0.05, 0) is 66.6 Å². The summed E-state index contributed by atoms with van der Waals surface area (Å²) in [6.07, 6.45) is -4.48. The van der Waals surface area contributed by atoms with Crippen molar-refractivity contribution in [3.63, 3.8) is 0 Å². The summed E-state index contributed by atoms with van der Waals surface area (Å²) in [6.45, 7) is 1.90. The molecule has 0 amide bonds. The van der Waals surface area contributed by atoms with Crippen LogP contribution >= 0.6 is 11.6 Å². The fraction of sp³-hybridized carbons (Fsp3) is 0.167. The van der Waals surface area contributed by atoms with Crippen LogP contribution in [0.15, 0.2) is 65.5 Å². The standard InChI is InChI=1S/C24H18ClF3N2O3/c1-14-15(4-3-5-19(14)22(31)33-2)13-29-20-11-8-17(25)12-21(20)30(23(29)32)18-9-6-16(7-10-18)24(26,27)28/h3-12H,13H2,1-2H3. The summed E-state index contributed by atoms with van der Waals surface area (Å²) < 4.78 is 46.6. The van der Waals surface area contributed by atoms with Crippen molar-refractivity contribution in [2.24, 2.45) is 0 Å². The molecular weight excluding hydrogens is 457 g/mol. The van der Waals surface area contributed by atoms with Crippen LogP contribution in [0.3, 0.4) is 0 Å². The summed E-state index contributed by atoms with van der Waals surface area (Å²) >= 11 is 6.16. The lowest BCUT2D eigenvalue weighted by molar-refractivity contribution is -0.137. The molecule has 1 heterocycles. The minimum Gasteiger partial charge on any atom is -0.465 e. The Morgan fingerprint density at radius 3 is 2.36 bits per heavy atom. The third kappa shape index (κ3) is 4.14. The van der Waals surface area contributed by atoms with Crippen molar-refractivity contribution in [2.45, 2.75) is 19.6 Å². The molecule has 170 valence electrons. The van der Waals surface area contributed by atoms with Gasteiger partial charge in [-0.15, -0.1) is 0 Å². The molecule has 5 nitrogen and oxygen atoms in total. The predicted molar refractivity (Wildman–Crippen MR) is 119 cm³/mol. The Labute approximate surface area is 191 Å². The molecular formula is C24H18ClF3N2O3. The average molecular weight is 475 g/mol. The Morgan fingerprint density at radius 2 is 1.73 bits per heavy atom. The number of aromatic nitrogens is 2. The van der Waals surface area contributed by atoms with Gasteiger partial charge in [-0.1, -0.05) is 23.7 Å². The number of carbonyl (C=O) groups is 1. The van der Waals surface area contributed by atoms with E-state index >= 15 is 0 Å². The fourth-order valence-electron chi connectivity index (χ4n) is 3.79. The van der Waals surface area contributed by atoms with Gasteiger partial charge in [0.05, 0.1) is 41.5 Å². The molecule has 0 spiro atoms. The number of rotatable bonds is 4. The van der Waals surface area contributed by atoms with Crippen molar-refractivity contribution in [2.75, 3.05) is 7.11 Å². The van der Waals surface area contributed by atoms with Gasteiger partial charge in [0.25, 0.3) is 0 Å². The van der Waals surface area contributed by atoms with Gasteiger partial charge in [-0.25, -0.2) is 9.59 Å². The fourth-order valence-corrected chi connectivity index (χ4v) is 3.96. The first-order chi connectivity index (χ1) is 15.6. The van der Waals surface area contributed by atoms with Crippen molar-refractivity contribution in [1.29, 1.82) is 0 Å². The summed E-state index contributed by atoms with van der Waals surface area (Å²) in [5.74, 6) is -0.485. The lowest BCUT2D eigenvalue weighted by Gasteiger charge is -2.11. The van der Waals surface area contributed by atoms with E-state index in [1.54, 1.807) is 43.3 Å². The van der Waals surface area contributed by atoms with Gasteiger partial charge < -0.3 is 4.74 Å². The van der Waals surface area contributed by atoms with Crippen LogP contribution in [0.1, 0.15) is 27.0 Å². The van der Waals surface area contributed by atoms with E-state index in [4.69, 9.17) is 16.3 Å². The Kier molecular flexibility index (Phi) is 5.80. The zero-order valence-electron chi connectivity index (χ0n) is 17.6. The van der Waals surface area contributed by atoms with Gasteiger partial charge in [0, 0.05) is 5.02 Å². The second-order valence-corrected chi connectivity index (χ2v) is 7.90. The maximum absolute atomic E-state index is 13.4. The van der Waals surface area contributed by atoms with Crippen LogP contribution in [0.2, 0.25) is 5.02 Å². The van der Waals surface area contributed by atoms with E-state index in [9.17, 15) is 22.8 Å². The Balaban J connectivity index is 1.88. The number of hydrogen-bond acceptors (Lipinski definition) is 3. The highest BCUT2D eigenvalue weighted by atomic mass is 35.5. The molecule has 3 aromatic carbocycles. The zero-order chi connectivity index (χ0) is 23.9. The third-order valence-electron chi connectivity index (χ3n) is 5.52. The van der Waals surface area contributed by atoms with E-state index in [1.165, 1.54) is 28.4 Å². The van der Waals surface area contributed by atoms with E-state index in [0.29, 0.717) is 27.2 Å². The number of methoxy groups -OCH3 is 1. The number of carbonyl (C=O) groups excluding carboxylic acids is 1. The molecule has 0 atom stereocenters. The van der Waals surface area contributed by atoms with Crippen molar-refractivity contribution in [3.8, 4) is 5.69 Å². The quantitative estimate of drug-likeness (QED) is 0.361. The molecule has 0 aliphatic heterocycles. The lowest BCUT2D eigenvalue weighted by Crippen LogP contribution is -2.24. The lowest BCUT2D eigenvalue weighted by atomic mass is 10.0. The molecule has 0 unspecified atom stereocenters. The zero-order valence-corrected chi connectivity index (χ0v) is 18.4. The highest BCUT2D eigenvalue weighted by Gasteiger charge is 2.30. The Bertz CT molecular complexity index is 1420. The summed E-state index contributed by atoms with van der Waals surface area (Å²) in [6, 6.07) is 14.4. The van der Waals surface area contributed by atoms with E-state index < -0.39 is 23.4 Å². The first kappa shape index (κ1) is 22.7. The first-order valence-corrected chi connectivity index (χ1v) is 10.2. The number of ether oxygens (including phenoxy) is 1. The van der Waals surface area contributed by atoms with Crippen LogP contribution in [0.5, 0.6) is 0 Å². The maximum Gasteiger partial charge on any atom is 0.416 e. The van der Waals surface area contributed by atoms with Crippen LogP contribution in [-0.4, -0.2) is 22.2 Å².